The van der Waals surface area contributed by atoms with Crippen molar-refractivity contribution in [3.63, 3.8) is 0 Å². The Bertz CT molecular complexity index is 906. The zero-order valence-corrected chi connectivity index (χ0v) is 16.4. The molecule has 5 nitrogen and oxygen atoms in total. The van der Waals surface area contributed by atoms with Crippen molar-refractivity contribution in [2.75, 3.05) is 20.7 Å². The van der Waals surface area contributed by atoms with Crippen molar-refractivity contribution in [3.05, 3.63) is 70.2 Å². The molecule has 0 atom stereocenters. The van der Waals surface area contributed by atoms with Crippen LogP contribution >= 0.6 is 0 Å². The monoisotopic (exact) mass is 366 g/mol. The van der Waals surface area contributed by atoms with Crippen LogP contribution in [0.5, 0.6) is 0 Å². The third-order valence-electron chi connectivity index (χ3n) is 4.67. The van der Waals surface area contributed by atoms with Gasteiger partial charge in [0, 0.05) is 32.4 Å². The number of hydrogen-bond acceptors (Lipinski definition) is 4. The molecule has 1 aliphatic carbocycles. The Morgan fingerprint density at radius 1 is 1.26 bits per heavy atom. The summed E-state index contributed by atoms with van der Waals surface area (Å²) >= 11 is 0. The fraction of sp³-hybridized carbons (Fsp3) is 0.364. The highest BCUT2D eigenvalue weighted by Crippen LogP contribution is 2.30. The van der Waals surface area contributed by atoms with Crippen molar-refractivity contribution < 1.29 is 14.3 Å². The fourth-order valence-corrected chi connectivity index (χ4v) is 3.57. The van der Waals surface area contributed by atoms with Gasteiger partial charge in [-0.05, 0) is 43.9 Å². The van der Waals surface area contributed by atoms with E-state index in [0.29, 0.717) is 31.0 Å². The number of allylic oxidation sites excluding steroid dienone is 1. The number of aromatic nitrogens is 1. The Kier molecular flexibility index (Phi) is 5.49. The lowest BCUT2D eigenvalue weighted by molar-refractivity contribution is 0.0514. The number of hydrogen-bond donors (Lipinski definition) is 0. The zero-order valence-electron chi connectivity index (χ0n) is 16.4. The summed E-state index contributed by atoms with van der Waals surface area (Å²) in [5.74, 6) is -0.390. The number of benzene rings is 1. The molecular formula is C22H26N2O3. The quantitative estimate of drug-likeness (QED) is 0.599. The first kappa shape index (κ1) is 19.0. The molecule has 0 bridgehead atoms. The van der Waals surface area contributed by atoms with Crippen LogP contribution < -0.4 is 0 Å². The largest absolute Gasteiger partial charge is 0.461 e. The molecule has 0 saturated carbocycles. The van der Waals surface area contributed by atoms with Crippen molar-refractivity contribution in [2.45, 2.75) is 33.2 Å². The first-order valence-corrected chi connectivity index (χ1v) is 9.27. The number of aryl methyl sites for hydroxylation is 2. The minimum absolute atomic E-state index is 0.00634. The maximum atomic E-state index is 13.2. The van der Waals surface area contributed by atoms with Gasteiger partial charge in [0.25, 0.3) is 0 Å². The van der Waals surface area contributed by atoms with Crippen LogP contribution in [-0.4, -0.2) is 41.9 Å². The molecule has 1 aliphatic rings. The Labute approximate surface area is 160 Å². The number of rotatable bonds is 5. The lowest BCUT2D eigenvalue weighted by Gasteiger charge is -2.19. The highest BCUT2D eigenvalue weighted by molar-refractivity contribution is 6.10. The van der Waals surface area contributed by atoms with E-state index in [1.807, 2.05) is 61.0 Å². The van der Waals surface area contributed by atoms with Gasteiger partial charge >= 0.3 is 5.97 Å². The lowest BCUT2D eigenvalue weighted by Crippen LogP contribution is -2.22. The number of ketones is 1. The average molecular weight is 366 g/mol. The summed E-state index contributed by atoms with van der Waals surface area (Å²) in [6.45, 7) is 4.59. The van der Waals surface area contributed by atoms with E-state index in [1.165, 1.54) is 0 Å². The molecule has 1 aromatic heterocycles. The summed E-state index contributed by atoms with van der Waals surface area (Å²) in [5.41, 5.74) is 4.95. The van der Waals surface area contributed by atoms with E-state index >= 15 is 0 Å². The van der Waals surface area contributed by atoms with Gasteiger partial charge in [0.05, 0.1) is 12.3 Å². The fourth-order valence-electron chi connectivity index (χ4n) is 3.57. The molecule has 0 spiro atoms. The molecule has 0 radical (unpaired) electrons. The second kappa shape index (κ2) is 7.82. The van der Waals surface area contributed by atoms with E-state index in [4.69, 9.17) is 4.74 Å². The molecule has 1 aromatic carbocycles. The first-order valence-electron chi connectivity index (χ1n) is 9.27. The molecular weight excluding hydrogens is 340 g/mol. The van der Waals surface area contributed by atoms with Crippen molar-refractivity contribution in [2.24, 2.45) is 0 Å². The Morgan fingerprint density at radius 3 is 2.70 bits per heavy atom. The van der Waals surface area contributed by atoms with Crippen LogP contribution in [0.1, 0.15) is 51.0 Å². The van der Waals surface area contributed by atoms with Gasteiger partial charge in [-0.25, -0.2) is 4.79 Å². The van der Waals surface area contributed by atoms with Crippen LogP contribution in [0.2, 0.25) is 0 Å². The minimum atomic E-state index is -0.384. The standard InChI is InChI=1S/C22H26N2O3/c1-5-27-22(26)19-12-17-9-10-18(14-23(3)4)21(25)20(17)24(19)13-16-8-6-7-15(2)11-16/h6-8,11-12,14H,5,9-10,13H2,1-4H3. The minimum Gasteiger partial charge on any atom is -0.461 e. The molecule has 0 N–H and O–H groups in total. The van der Waals surface area contributed by atoms with Crippen molar-refractivity contribution in [1.82, 2.24) is 9.47 Å². The van der Waals surface area contributed by atoms with Crippen LogP contribution in [-0.2, 0) is 17.7 Å². The number of fused-ring (bicyclic) bond motifs is 1. The summed E-state index contributed by atoms with van der Waals surface area (Å²) in [6.07, 6.45) is 3.30. The number of nitrogens with zero attached hydrogens (tertiary/aromatic N) is 2. The maximum absolute atomic E-state index is 13.2. The SMILES string of the molecule is CCOC(=O)c1cc2c(n1Cc1cccc(C)c1)C(=O)C(=CN(C)C)CC2. The lowest BCUT2D eigenvalue weighted by atomic mass is 9.92. The van der Waals surface area contributed by atoms with Crippen LogP contribution in [0.25, 0.3) is 0 Å². The molecule has 0 fully saturated rings. The predicted octanol–water partition coefficient (Wildman–Crippen LogP) is 3.60. The summed E-state index contributed by atoms with van der Waals surface area (Å²) in [5, 5.41) is 0. The van der Waals surface area contributed by atoms with Crippen molar-refractivity contribution in [3.8, 4) is 0 Å². The van der Waals surface area contributed by atoms with Gasteiger partial charge in [-0.15, -0.1) is 0 Å². The molecule has 5 heteroatoms. The van der Waals surface area contributed by atoms with Gasteiger partial charge in [-0.3, -0.25) is 4.79 Å². The highest BCUT2D eigenvalue weighted by atomic mass is 16.5. The number of Topliss-reactive ketones (excluding diaryl/α,β-unsaturated/α-hetero) is 1. The molecule has 3 rings (SSSR count). The van der Waals surface area contributed by atoms with E-state index < -0.39 is 0 Å². The predicted molar refractivity (Wildman–Crippen MR) is 105 cm³/mol. The smallest absolute Gasteiger partial charge is 0.354 e. The van der Waals surface area contributed by atoms with Gasteiger partial charge in [-0.2, -0.15) is 0 Å². The molecule has 0 unspecified atom stereocenters. The van der Waals surface area contributed by atoms with E-state index in [2.05, 4.69) is 6.07 Å². The highest BCUT2D eigenvalue weighted by Gasteiger charge is 2.30. The number of esters is 1. The third-order valence-corrected chi connectivity index (χ3v) is 4.67. The Morgan fingerprint density at radius 2 is 2.04 bits per heavy atom. The second-order valence-electron chi connectivity index (χ2n) is 7.15. The molecule has 0 saturated heterocycles. The molecule has 0 aliphatic heterocycles. The second-order valence-corrected chi connectivity index (χ2v) is 7.15. The van der Waals surface area contributed by atoms with E-state index in [0.717, 1.165) is 28.7 Å². The third kappa shape index (κ3) is 3.97. The topological polar surface area (TPSA) is 51.5 Å². The van der Waals surface area contributed by atoms with Gasteiger partial charge in [0.2, 0.25) is 5.78 Å². The molecule has 2 aromatic rings. The summed E-state index contributed by atoms with van der Waals surface area (Å²) < 4.78 is 7.07. The van der Waals surface area contributed by atoms with E-state index in [1.54, 1.807) is 6.92 Å². The Hall–Kier alpha value is -2.82. The van der Waals surface area contributed by atoms with E-state index in [9.17, 15) is 9.59 Å². The van der Waals surface area contributed by atoms with Crippen LogP contribution in [0, 0.1) is 6.92 Å². The average Bonchev–Trinajstić information content (AvgIpc) is 2.97. The van der Waals surface area contributed by atoms with Crippen LogP contribution in [0.15, 0.2) is 42.1 Å². The summed E-state index contributed by atoms with van der Waals surface area (Å²) in [6, 6.07) is 9.94. The molecule has 27 heavy (non-hydrogen) atoms. The van der Waals surface area contributed by atoms with Gasteiger partial charge < -0.3 is 14.2 Å². The summed E-state index contributed by atoms with van der Waals surface area (Å²) in [7, 11) is 3.82. The van der Waals surface area contributed by atoms with Gasteiger partial charge in [0.1, 0.15) is 5.69 Å². The van der Waals surface area contributed by atoms with Gasteiger partial charge in [0.15, 0.2) is 0 Å². The number of carbonyl (C=O) groups excluding carboxylic acids is 2. The molecule has 1 heterocycles. The van der Waals surface area contributed by atoms with E-state index in [-0.39, 0.29) is 11.8 Å². The zero-order chi connectivity index (χ0) is 19.6. The van der Waals surface area contributed by atoms with Gasteiger partial charge in [-0.1, -0.05) is 29.8 Å². The van der Waals surface area contributed by atoms with Crippen LogP contribution in [0.4, 0.5) is 0 Å². The number of carbonyl (C=O) groups is 2. The number of ether oxygens (including phenoxy) is 1. The normalized spacial score (nSPS) is 15.0. The van der Waals surface area contributed by atoms with Crippen LogP contribution in [0.3, 0.4) is 0 Å². The Balaban J connectivity index is 2.10. The molecule has 142 valence electrons. The first-order chi connectivity index (χ1) is 12.9. The van der Waals surface area contributed by atoms with Crippen molar-refractivity contribution in [1.29, 1.82) is 0 Å². The molecule has 0 amide bonds. The summed E-state index contributed by atoms with van der Waals surface area (Å²) in [4.78, 5) is 27.6. The van der Waals surface area contributed by atoms with Crippen molar-refractivity contribution >= 4 is 11.8 Å². The maximum Gasteiger partial charge on any atom is 0.354 e.